The average molecular weight is 417 g/mol. The number of benzene rings is 1. The number of hydrogen-bond acceptors (Lipinski definition) is 7. The molecule has 1 amide bonds. The van der Waals surface area contributed by atoms with Gasteiger partial charge in [0, 0.05) is 12.0 Å². The molecule has 0 aliphatic carbocycles. The third-order valence-electron chi connectivity index (χ3n) is 2.70. The smallest absolute Gasteiger partial charge is 0.327 e. The number of carbonyl (C=O) groups is 2. The molecule has 0 aromatic heterocycles. The largest absolute Gasteiger partial charge is 0.480 e. The van der Waals surface area contributed by atoms with Gasteiger partial charge in [0.15, 0.2) is 37.8 Å². The van der Waals surface area contributed by atoms with Crippen molar-refractivity contribution in [2.24, 2.45) is 0 Å². The number of nitrogens with zero attached hydrogens (tertiary/aromatic N) is 2. The molecule has 26 heavy (non-hydrogen) atoms. The highest BCUT2D eigenvalue weighted by molar-refractivity contribution is 8.71. The summed E-state index contributed by atoms with van der Waals surface area (Å²) >= 11 is 0. The van der Waals surface area contributed by atoms with E-state index in [-0.39, 0.29) is 10.8 Å². The molecular weight excluding hydrogens is 408 g/mol. The van der Waals surface area contributed by atoms with Crippen LogP contribution >= 0.6 is 10.8 Å². The minimum absolute atomic E-state index is 0.122. The maximum Gasteiger partial charge on any atom is 0.327 e. The standard InChI is InChI=1S/C11H8F4N4O5S2/c1-26(23,24)25-2-3(11(21)22)17-10(20)4-5(12)7(14)9(18-19-16)8(15)6(4)13/h3H,2H2,1H3,(H2-,17,18,20,21,22)/p+1/t3-/m0/s1. The molecule has 0 fully saturated rings. The number of halogens is 4. The zero-order valence-electron chi connectivity index (χ0n) is 12.6. The Morgan fingerprint density at radius 2 is 1.69 bits per heavy atom. The number of rotatable bonds is 7. The first-order valence-corrected chi connectivity index (χ1v) is 9.64. The Labute approximate surface area is 146 Å². The SMILES string of the molecule is CS(=O)(=O)SC[C@H](NC(=O)c1c(F)c(F)c(N[N+]#N)c(F)c1F)C(=O)O. The van der Waals surface area contributed by atoms with Gasteiger partial charge in [-0.15, -0.1) is 0 Å². The summed E-state index contributed by atoms with van der Waals surface area (Å²) in [6.07, 6.45) is 0.750. The number of amides is 1. The van der Waals surface area contributed by atoms with Crippen molar-refractivity contribution >= 4 is 37.2 Å². The Bertz CT molecular complexity index is 874. The van der Waals surface area contributed by atoms with Crippen LogP contribution < -0.4 is 10.7 Å². The lowest BCUT2D eigenvalue weighted by Crippen LogP contribution is -2.43. The van der Waals surface area contributed by atoms with Crippen LogP contribution in [0.3, 0.4) is 0 Å². The van der Waals surface area contributed by atoms with Crippen molar-refractivity contribution in [1.29, 1.82) is 5.39 Å². The van der Waals surface area contributed by atoms with Crippen LogP contribution in [0.25, 0.3) is 5.08 Å². The maximum absolute atomic E-state index is 13.8. The normalized spacial score (nSPS) is 12.2. The number of anilines is 1. The Balaban J connectivity index is 3.24. The number of carboxylic acid groups (broad SMARTS) is 1. The highest BCUT2D eigenvalue weighted by atomic mass is 33.1. The molecule has 0 bridgehead atoms. The van der Waals surface area contributed by atoms with Gasteiger partial charge in [0.2, 0.25) is 0 Å². The molecule has 15 heteroatoms. The Morgan fingerprint density at radius 1 is 1.19 bits per heavy atom. The number of carboxylic acids is 1. The van der Waals surface area contributed by atoms with Gasteiger partial charge >= 0.3 is 11.1 Å². The van der Waals surface area contributed by atoms with Gasteiger partial charge in [-0.3, -0.25) is 4.79 Å². The van der Waals surface area contributed by atoms with Crippen molar-refractivity contribution in [3.63, 3.8) is 0 Å². The van der Waals surface area contributed by atoms with Crippen LogP contribution in [-0.2, 0) is 13.7 Å². The Morgan fingerprint density at radius 3 is 2.08 bits per heavy atom. The van der Waals surface area contributed by atoms with Crippen LogP contribution in [0.4, 0.5) is 23.2 Å². The van der Waals surface area contributed by atoms with E-state index in [4.69, 9.17) is 10.5 Å². The third-order valence-corrected chi connectivity index (χ3v) is 5.29. The Kier molecular flexibility index (Phi) is 6.75. The molecule has 0 heterocycles. The molecule has 1 rings (SSSR count). The molecule has 0 aliphatic rings. The van der Waals surface area contributed by atoms with Crippen LogP contribution in [-0.4, -0.2) is 43.5 Å². The Hall–Kier alpha value is -2.60. The van der Waals surface area contributed by atoms with E-state index in [0.717, 1.165) is 6.26 Å². The fourth-order valence-electron chi connectivity index (χ4n) is 1.58. The predicted octanol–water partition coefficient (Wildman–Crippen LogP) is 1.30. The van der Waals surface area contributed by atoms with Gasteiger partial charge in [0.1, 0.15) is 11.6 Å². The van der Waals surface area contributed by atoms with Crippen LogP contribution in [0.1, 0.15) is 10.4 Å². The summed E-state index contributed by atoms with van der Waals surface area (Å²) in [5.41, 5.74) is -2.06. The fourth-order valence-corrected chi connectivity index (χ4v) is 3.33. The van der Waals surface area contributed by atoms with E-state index in [0.29, 0.717) is 0 Å². The van der Waals surface area contributed by atoms with Crippen LogP contribution in [0.2, 0.25) is 0 Å². The molecule has 142 valence electrons. The van der Waals surface area contributed by atoms with E-state index >= 15 is 0 Å². The number of carbonyl (C=O) groups excluding carboxylic acids is 1. The summed E-state index contributed by atoms with van der Waals surface area (Å²) in [5.74, 6) is -12.9. The van der Waals surface area contributed by atoms with Crippen LogP contribution in [0, 0.1) is 28.7 Å². The predicted molar refractivity (Wildman–Crippen MR) is 81.2 cm³/mol. The third kappa shape index (κ3) is 4.95. The maximum atomic E-state index is 13.8. The van der Waals surface area contributed by atoms with Gasteiger partial charge in [-0.05, 0) is 16.2 Å². The van der Waals surface area contributed by atoms with Gasteiger partial charge in [0.05, 0.1) is 0 Å². The molecule has 0 radical (unpaired) electrons. The van der Waals surface area contributed by atoms with Crippen molar-refractivity contribution in [3.8, 4) is 0 Å². The van der Waals surface area contributed by atoms with E-state index in [9.17, 15) is 35.6 Å². The quantitative estimate of drug-likeness (QED) is 0.198. The molecule has 1 atom stereocenters. The molecule has 0 unspecified atom stereocenters. The summed E-state index contributed by atoms with van der Waals surface area (Å²) < 4.78 is 77.0. The first-order valence-electron chi connectivity index (χ1n) is 6.24. The summed E-state index contributed by atoms with van der Waals surface area (Å²) in [4.78, 5) is 22.9. The van der Waals surface area contributed by atoms with Gasteiger partial charge in [-0.2, -0.15) is 0 Å². The molecule has 3 N–H and O–H groups in total. The summed E-state index contributed by atoms with van der Waals surface area (Å²) in [5, 5.41) is 20.8. The highest BCUT2D eigenvalue weighted by Gasteiger charge is 2.33. The minimum atomic E-state index is -3.70. The molecule has 0 aliphatic heterocycles. The van der Waals surface area contributed by atoms with Crippen molar-refractivity contribution in [1.82, 2.24) is 5.32 Å². The lowest BCUT2D eigenvalue weighted by Gasteiger charge is -2.15. The van der Waals surface area contributed by atoms with E-state index in [1.54, 1.807) is 5.32 Å². The first-order chi connectivity index (χ1) is 11.9. The molecule has 1 aromatic rings. The van der Waals surface area contributed by atoms with Gasteiger partial charge in [0.25, 0.3) is 11.3 Å². The monoisotopic (exact) mass is 417 g/mol. The van der Waals surface area contributed by atoms with E-state index in [2.05, 4.69) is 5.08 Å². The lowest BCUT2D eigenvalue weighted by molar-refractivity contribution is -0.138. The molecule has 0 saturated carbocycles. The van der Waals surface area contributed by atoms with Gasteiger partial charge in [-0.25, -0.2) is 30.8 Å². The second kappa shape index (κ2) is 8.19. The van der Waals surface area contributed by atoms with Crippen LogP contribution in [0.15, 0.2) is 0 Å². The summed E-state index contributed by atoms with van der Waals surface area (Å²) in [7, 11) is -3.58. The molecule has 0 saturated heterocycles. The zero-order valence-corrected chi connectivity index (χ0v) is 14.2. The highest BCUT2D eigenvalue weighted by Crippen LogP contribution is 2.28. The second-order valence-electron chi connectivity index (χ2n) is 4.57. The van der Waals surface area contributed by atoms with E-state index in [1.807, 2.05) is 0 Å². The van der Waals surface area contributed by atoms with Crippen LogP contribution in [0.5, 0.6) is 0 Å². The molecule has 0 spiro atoms. The summed E-state index contributed by atoms with van der Waals surface area (Å²) in [6.45, 7) is 0. The topological polar surface area (TPSA) is 141 Å². The van der Waals surface area contributed by atoms with E-state index < -0.39 is 67.1 Å². The summed E-state index contributed by atoms with van der Waals surface area (Å²) in [6, 6.07) is -1.93. The lowest BCUT2D eigenvalue weighted by atomic mass is 10.1. The molecule has 1 aromatic carbocycles. The minimum Gasteiger partial charge on any atom is -0.480 e. The van der Waals surface area contributed by atoms with Gasteiger partial charge in [-0.1, -0.05) is 0 Å². The number of nitrogens with one attached hydrogen (secondary N) is 2. The van der Waals surface area contributed by atoms with E-state index in [1.165, 1.54) is 5.43 Å². The van der Waals surface area contributed by atoms with Crippen molar-refractivity contribution < 1.29 is 40.7 Å². The van der Waals surface area contributed by atoms with Crippen molar-refractivity contribution in [2.45, 2.75) is 6.04 Å². The number of hydrogen-bond donors (Lipinski definition) is 3. The number of aliphatic carboxylic acids is 1. The van der Waals surface area contributed by atoms with Gasteiger partial charge < -0.3 is 10.4 Å². The number of diazo groups is 1. The molecular formula is C11H9F4N4O5S2+. The fraction of sp³-hybridized carbons (Fsp3) is 0.273. The zero-order chi connectivity index (χ0) is 20.2. The average Bonchev–Trinajstić information content (AvgIpc) is 2.52. The van der Waals surface area contributed by atoms with Crippen molar-refractivity contribution in [2.75, 3.05) is 17.4 Å². The second-order valence-corrected chi connectivity index (χ2v) is 9.07. The molecule has 9 nitrogen and oxygen atoms in total. The van der Waals surface area contributed by atoms with Crippen molar-refractivity contribution in [3.05, 3.63) is 33.9 Å². The first kappa shape index (κ1) is 21.4.